The number of amides is 1. The molecule has 136 valence electrons. The van der Waals surface area contributed by atoms with Gasteiger partial charge in [-0.1, -0.05) is 23.5 Å². The van der Waals surface area contributed by atoms with Crippen LogP contribution in [0.25, 0.3) is 15.9 Å². The molecule has 4 heterocycles. The van der Waals surface area contributed by atoms with Crippen LogP contribution in [0.5, 0.6) is 0 Å². The zero-order valence-electron chi connectivity index (χ0n) is 15.0. The number of pyridine rings is 1. The summed E-state index contributed by atoms with van der Waals surface area (Å²) in [5.41, 5.74) is 3.56. The Morgan fingerprint density at radius 3 is 2.63 bits per heavy atom. The summed E-state index contributed by atoms with van der Waals surface area (Å²) in [5.74, 6) is 0.0761. The average Bonchev–Trinajstić information content (AvgIpc) is 3.29. The number of piperazine rings is 1. The SMILES string of the molecule is Cc1cn2cc(C(=O)N3CCN(c4nc5ccccc5s4)CC3)ccc2n1. The highest BCUT2D eigenvalue weighted by Crippen LogP contribution is 2.29. The van der Waals surface area contributed by atoms with E-state index >= 15 is 0 Å². The summed E-state index contributed by atoms with van der Waals surface area (Å²) in [6, 6.07) is 12.0. The van der Waals surface area contributed by atoms with Gasteiger partial charge >= 0.3 is 0 Å². The maximum atomic E-state index is 12.9. The van der Waals surface area contributed by atoms with Crippen molar-refractivity contribution in [1.82, 2.24) is 19.3 Å². The molecule has 1 saturated heterocycles. The lowest BCUT2D eigenvalue weighted by atomic mass is 10.2. The highest BCUT2D eigenvalue weighted by Gasteiger charge is 2.24. The lowest BCUT2D eigenvalue weighted by Gasteiger charge is -2.34. The van der Waals surface area contributed by atoms with Gasteiger partial charge in [-0.25, -0.2) is 9.97 Å². The Hall–Kier alpha value is -2.93. The monoisotopic (exact) mass is 377 g/mol. The number of aromatic nitrogens is 3. The van der Waals surface area contributed by atoms with Gasteiger partial charge in [0.1, 0.15) is 5.65 Å². The van der Waals surface area contributed by atoms with Crippen LogP contribution in [-0.4, -0.2) is 51.4 Å². The molecule has 1 amide bonds. The Morgan fingerprint density at radius 2 is 1.81 bits per heavy atom. The van der Waals surface area contributed by atoms with Gasteiger partial charge in [-0.2, -0.15) is 0 Å². The van der Waals surface area contributed by atoms with E-state index < -0.39 is 0 Å². The molecule has 0 saturated carbocycles. The van der Waals surface area contributed by atoms with E-state index in [1.165, 1.54) is 4.70 Å². The summed E-state index contributed by atoms with van der Waals surface area (Å²) in [6.45, 7) is 4.97. The topological polar surface area (TPSA) is 53.7 Å². The molecule has 0 bridgehead atoms. The maximum absolute atomic E-state index is 12.9. The Labute approximate surface area is 160 Å². The number of imidazole rings is 1. The molecule has 0 unspecified atom stereocenters. The van der Waals surface area contributed by atoms with Gasteiger partial charge in [-0.3, -0.25) is 4.79 Å². The Bertz CT molecular complexity index is 1110. The van der Waals surface area contributed by atoms with Crippen LogP contribution in [0.3, 0.4) is 0 Å². The van der Waals surface area contributed by atoms with Crippen molar-refractivity contribution in [2.75, 3.05) is 31.1 Å². The molecule has 1 aliphatic rings. The molecule has 4 aromatic rings. The van der Waals surface area contributed by atoms with Gasteiger partial charge in [0.15, 0.2) is 5.13 Å². The zero-order chi connectivity index (χ0) is 18.4. The molecule has 1 aromatic carbocycles. The molecule has 1 aliphatic heterocycles. The van der Waals surface area contributed by atoms with Crippen molar-refractivity contribution in [2.45, 2.75) is 6.92 Å². The van der Waals surface area contributed by atoms with E-state index in [2.05, 4.69) is 16.0 Å². The van der Waals surface area contributed by atoms with Crippen LogP contribution >= 0.6 is 11.3 Å². The van der Waals surface area contributed by atoms with Crippen LogP contribution in [0.2, 0.25) is 0 Å². The van der Waals surface area contributed by atoms with Gasteiger partial charge in [-0.15, -0.1) is 0 Å². The highest BCUT2D eigenvalue weighted by atomic mass is 32.1. The van der Waals surface area contributed by atoms with Gasteiger partial charge in [0.25, 0.3) is 5.91 Å². The van der Waals surface area contributed by atoms with Crippen LogP contribution in [0, 0.1) is 6.92 Å². The zero-order valence-corrected chi connectivity index (χ0v) is 15.8. The third-order valence-corrected chi connectivity index (χ3v) is 6.04. The highest BCUT2D eigenvalue weighted by molar-refractivity contribution is 7.22. The Morgan fingerprint density at radius 1 is 1.00 bits per heavy atom. The second-order valence-electron chi connectivity index (χ2n) is 6.81. The van der Waals surface area contributed by atoms with E-state index in [0.717, 1.165) is 35.1 Å². The number of benzene rings is 1. The van der Waals surface area contributed by atoms with Crippen LogP contribution in [-0.2, 0) is 0 Å². The number of rotatable bonds is 2. The van der Waals surface area contributed by atoms with Crippen molar-refractivity contribution in [1.29, 1.82) is 0 Å². The number of para-hydroxylation sites is 1. The largest absolute Gasteiger partial charge is 0.345 e. The maximum Gasteiger partial charge on any atom is 0.255 e. The average molecular weight is 377 g/mol. The summed E-state index contributed by atoms with van der Waals surface area (Å²) >= 11 is 1.71. The normalized spacial score (nSPS) is 15.0. The van der Waals surface area contributed by atoms with Crippen molar-refractivity contribution in [3.8, 4) is 0 Å². The summed E-state index contributed by atoms with van der Waals surface area (Å²) in [6.07, 6.45) is 3.81. The van der Waals surface area contributed by atoms with Gasteiger partial charge < -0.3 is 14.2 Å². The first kappa shape index (κ1) is 16.3. The molecule has 3 aromatic heterocycles. The molecule has 0 aliphatic carbocycles. The van der Waals surface area contributed by atoms with Gasteiger partial charge in [0.2, 0.25) is 0 Å². The van der Waals surface area contributed by atoms with Crippen LogP contribution < -0.4 is 4.90 Å². The number of carbonyl (C=O) groups excluding carboxylic acids is 1. The minimum atomic E-state index is 0.0761. The fourth-order valence-corrected chi connectivity index (χ4v) is 4.54. The Balaban J connectivity index is 1.30. The standard InChI is InChI=1S/C20H19N5OS/c1-14-12-25-13-15(6-7-18(25)21-14)19(26)23-8-10-24(11-9-23)20-22-16-4-2-3-5-17(16)27-20/h2-7,12-13H,8-11H2,1H3. The predicted molar refractivity (Wildman–Crippen MR) is 108 cm³/mol. The fraction of sp³-hybridized carbons (Fsp3) is 0.250. The lowest BCUT2D eigenvalue weighted by Crippen LogP contribution is -2.48. The number of nitrogens with zero attached hydrogens (tertiary/aromatic N) is 5. The minimum Gasteiger partial charge on any atom is -0.345 e. The third-order valence-electron chi connectivity index (χ3n) is 4.94. The summed E-state index contributed by atoms with van der Waals surface area (Å²) < 4.78 is 3.12. The van der Waals surface area contributed by atoms with E-state index in [1.54, 1.807) is 11.3 Å². The van der Waals surface area contributed by atoms with Crippen LogP contribution in [0.15, 0.2) is 48.8 Å². The van der Waals surface area contributed by atoms with E-state index in [1.807, 2.05) is 58.9 Å². The van der Waals surface area contributed by atoms with E-state index in [0.29, 0.717) is 18.7 Å². The van der Waals surface area contributed by atoms with Crippen LogP contribution in [0.1, 0.15) is 16.1 Å². The summed E-state index contributed by atoms with van der Waals surface area (Å²) in [4.78, 5) is 26.2. The summed E-state index contributed by atoms with van der Waals surface area (Å²) in [5, 5.41) is 1.04. The molecule has 0 atom stereocenters. The van der Waals surface area contributed by atoms with Crippen molar-refractivity contribution in [2.24, 2.45) is 0 Å². The quantitative estimate of drug-likeness (QED) is 0.538. The molecule has 6 nitrogen and oxygen atoms in total. The van der Waals surface area contributed by atoms with E-state index in [4.69, 9.17) is 4.98 Å². The van der Waals surface area contributed by atoms with Crippen molar-refractivity contribution in [3.05, 3.63) is 60.0 Å². The number of aryl methyl sites for hydroxylation is 1. The van der Waals surface area contributed by atoms with Gasteiger partial charge in [0, 0.05) is 38.6 Å². The number of thiazole rings is 1. The first-order chi connectivity index (χ1) is 13.2. The molecule has 0 radical (unpaired) electrons. The van der Waals surface area contributed by atoms with Crippen molar-refractivity contribution >= 4 is 38.2 Å². The second kappa shape index (κ2) is 6.35. The second-order valence-corrected chi connectivity index (χ2v) is 7.82. The van der Waals surface area contributed by atoms with E-state index in [9.17, 15) is 4.79 Å². The third kappa shape index (κ3) is 2.94. The predicted octanol–water partition coefficient (Wildman–Crippen LogP) is 3.21. The van der Waals surface area contributed by atoms with Crippen LogP contribution in [0.4, 0.5) is 5.13 Å². The molecule has 0 spiro atoms. The first-order valence-electron chi connectivity index (χ1n) is 9.02. The summed E-state index contributed by atoms with van der Waals surface area (Å²) in [7, 11) is 0. The molecule has 0 N–H and O–H groups in total. The number of hydrogen-bond acceptors (Lipinski definition) is 5. The fourth-order valence-electron chi connectivity index (χ4n) is 3.52. The molecule has 7 heteroatoms. The molecule has 27 heavy (non-hydrogen) atoms. The van der Waals surface area contributed by atoms with Gasteiger partial charge in [-0.05, 0) is 31.2 Å². The smallest absolute Gasteiger partial charge is 0.255 e. The van der Waals surface area contributed by atoms with Crippen molar-refractivity contribution in [3.63, 3.8) is 0 Å². The molecular weight excluding hydrogens is 358 g/mol. The van der Waals surface area contributed by atoms with E-state index in [-0.39, 0.29) is 5.91 Å². The first-order valence-corrected chi connectivity index (χ1v) is 9.84. The number of anilines is 1. The minimum absolute atomic E-state index is 0.0761. The van der Waals surface area contributed by atoms with Gasteiger partial charge in [0.05, 0.1) is 21.5 Å². The molecule has 5 rings (SSSR count). The Kier molecular flexibility index (Phi) is 3.82. The number of fused-ring (bicyclic) bond motifs is 2. The molecular formula is C20H19N5OS. The number of hydrogen-bond donors (Lipinski definition) is 0. The lowest BCUT2D eigenvalue weighted by molar-refractivity contribution is 0.0746. The molecule has 1 fully saturated rings. The number of carbonyl (C=O) groups is 1. The van der Waals surface area contributed by atoms with Crippen molar-refractivity contribution < 1.29 is 4.79 Å².